The van der Waals surface area contributed by atoms with E-state index in [0.29, 0.717) is 24.6 Å². The average molecular weight is 477 g/mol. The van der Waals surface area contributed by atoms with Gasteiger partial charge in [0.1, 0.15) is 5.82 Å². The van der Waals surface area contributed by atoms with Gasteiger partial charge >= 0.3 is 6.03 Å². The fourth-order valence-electron chi connectivity index (χ4n) is 3.66. The third-order valence-electron chi connectivity index (χ3n) is 5.42. The Morgan fingerprint density at radius 2 is 2.00 bits per heavy atom. The second-order valence-electron chi connectivity index (χ2n) is 8.08. The number of nitrogens with zero attached hydrogens (tertiary/aromatic N) is 3. The monoisotopic (exact) mass is 476 g/mol. The van der Waals surface area contributed by atoms with Crippen molar-refractivity contribution in [3.05, 3.63) is 64.4 Å². The number of carbonyl (C=O) groups excluding carboxylic acids is 1. The van der Waals surface area contributed by atoms with Crippen LogP contribution in [0.2, 0.25) is 0 Å². The van der Waals surface area contributed by atoms with E-state index in [1.165, 1.54) is 11.8 Å². The van der Waals surface area contributed by atoms with Crippen LogP contribution in [0.3, 0.4) is 0 Å². The number of hydrogen-bond acceptors (Lipinski definition) is 3. The number of amides is 2. The molecule has 0 saturated carbocycles. The first-order chi connectivity index (χ1) is 14.4. The van der Waals surface area contributed by atoms with Crippen molar-refractivity contribution in [3.63, 3.8) is 0 Å². The van der Waals surface area contributed by atoms with E-state index in [2.05, 4.69) is 38.3 Å². The summed E-state index contributed by atoms with van der Waals surface area (Å²) in [7, 11) is 3.93. The molecular weight excluding hydrogens is 447 g/mol. The summed E-state index contributed by atoms with van der Waals surface area (Å²) in [6.07, 6.45) is 1.04. The predicted octanol–water partition coefficient (Wildman–Crippen LogP) is 4.19. The molecule has 1 heterocycles. The molecular formula is C23H30BrFN4O. The lowest BCUT2D eigenvalue weighted by Crippen LogP contribution is -2.44. The summed E-state index contributed by atoms with van der Waals surface area (Å²) in [4.78, 5) is 18.9. The van der Waals surface area contributed by atoms with Gasteiger partial charge in [0.15, 0.2) is 0 Å². The van der Waals surface area contributed by atoms with Crippen LogP contribution in [0.5, 0.6) is 0 Å². The molecule has 1 unspecified atom stereocenters. The van der Waals surface area contributed by atoms with Crippen LogP contribution >= 0.6 is 15.9 Å². The number of likely N-dealkylation sites (N-methyl/N-ethyl adjacent to an activating group) is 1. The fraction of sp³-hybridized carbons (Fsp3) is 0.435. The van der Waals surface area contributed by atoms with Crippen LogP contribution < -0.4 is 10.2 Å². The minimum atomic E-state index is -0.277. The van der Waals surface area contributed by atoms with Crippen LogP contribution in [0.4, 0.5) is 14.9 Å². The zero-order valence-corrected chi connectivity index (χ0v) is 19.2. The summed E-state index contributed by atoms with van der Waals surface area (Å²) in [5.41, 5.74) is 1.73. The molecule has 7 heteroatoms. The Morgan fingerprint density at radius 1 is 1.20 bits per heavy atom. The van der Waals surface area contributed by atoms with Gasteiger partial charge in [-0.05, 0) is 50.7 Å². The standard InChI is InChI=1S/C23H30BrFN4O/c1-27(2)12-13-29(17-19-6-3-4-9-22(19)25)23(30)26-15-18-10-11-28(16-18)21-8-5-7-20(24)14-21/h3-9,14,18H,10-13,15-17H2,1-2H3,(H,26,30). The largest absolute Gasteiger partial charge is 0.371 e. The van der Waals surface area contributed by atoms with Gasteiger partial charge in [0.2, 0.25) is 0 Å². The van der Waals surface area contributed by atoms with Gasteiger partial charge in [0, 0.05) is 48.4 Å². The molecule has 1 saturated heterocycles. The number of benzene rings is 2. The van der Waals surface area contributed by atoms with Crippen LogP contribution in [-0.2, 0) is 6.54 Å². The molecule has 1 aliphatic heterocycles. The molecule has 2 aromatic rings. The van der Waals surface area contributed by atoms with Crippen molar-refractivity contribution in [2.24, 2.45) is 5.92 Å². The third-order valence-corrected chi connectivity index (χ3v) is 5.92. The van der Waals surface area contributed by atoms with Crippen molar-refractivity contribution in [1.82, 2.24) is 15.1 Å². The number of rotatable bonds is 8. The summed E-state index contributed by atoms with van der Waals surface area (Å²) in [6, 6.07) is 14.8. The van der Waals surface area contributed by atoms with Crippen molar-refractivity contribution in [2.45, 2.75) is 13.0 Å². The Kier molecular flexibility index (Phi) is 8.10. The normalized spacial score (nSPS) is 16.2. The van der Waals surface area contributed by atoms with Gasteiger partial charge in [-0.2, -0.15) is 0 Å². The van der Waals surface area contributed by atoms with Crippen LogP contribution in [0, 0.1) is 11.7 Å². The lowest BCUT2D eigenvalue weighted by molar-refractivity contribution is 0.186. The van der Waals surface area contributed by atoms with Gasteiger partial charge in [-0.15, -0.1) is 0 Å². The van der Waals surface area contributed by atoms with Crippen molar-refractivity contribution >= 4 is 27.6 Å². The van der Waals surface area contributed by atoms with Gasteiger partial charge in [0.25, 0.3) is 0 Å². The SMILES string of the molecule is CN(C)CCN(Cc1ccccc1F)C(=O)NCC1CCN(c2cccc(Br)c2)C1. The second kappa shape index (κ2) is 10.8. The second-order valence-corrected chi connectivity index (χ2v) is 9.00. The lowest BCUT2D eigenvalue weighted by atomic mass is 10.1. The van der Waals surface area contributed by atoms with Crippen molar-refractivity contribution < 1.29 is 9.18 Å². The van der Waals surface area contributed by atoms with Crippen molar-refractivity contribution in [3.8, 4) is 0 Å². The highest BCUT2D eigenvalue weighted by atomic mass is 79.9. The quantitative estimate of drug-likeness (QED) is 0.620. The zero-order valence-electron chi connectivity index (χ0n) is 17.7. The molecule has 2 aromatic carbocycles. The molecule has 1 N–H and O–H groups in total. The first kappa shape index (κ1) is 22.6. The van der Waals surface area contributed by atoms with Gasteiger partial charge < -0.3 is 20.0 Å². The Balaban J connectivity index is 1.55. The molecule has 0 bridgehead atoms. The van der Waals surface area contributed by atoms with Gasteiger partial charge in [-0.3, -0.25) is 0 Å². The Labute approximate surface area is 187 Å². The van der Waals surface area contributed by atoms with Crippen LogP contribution in [0.1, 0.15) is 12.0 Å². The van der Waals surface area contributed by atoms with Crippen LogP contribution in [-0.4, -0.2) is 62.7 Å². The van der Waals surface area contributed by atoms with E-state index in [4.69, 9.17) is 0 Å². The van der Waals surface area contributed by atoms with E-state index in [-0.39, 0.29) is 18.4 Å². The average Bonchev–Trinajstić information content (AvgIpc) is 3.19. The maximum absolute atomic E-state index is 14.1. The Hall–Kier alpha value is -2.12. The highest BCUT2D eigenvalue weighted by Gasteiger charge is 2.24. The summed E-state index contributed by atoms with van der Waals surface area (Å²) in [5, 5.41) is 3.08. The number of nitrogens with one attached hydrogen (secondary N) is 1. The molecule has 30 heavy (non-hydrogen) atoms. The van der Waals surface area contributed by atoms with Gasteiger partial charge in [-0.25, -0.2) is 9.18 Å². The smallest absolute Gasteiger partial charge is 0.317 e. The summed E-state index contributed by atoms with van der Waals surface area (Å²) < 4.78 is 15.2. The molecule has 1 fully saturated rings. The fourth-order valence-corrected chi connectivity index (χ4v) is 4.04. The first-order valence-corrected chi connectivity index (χ1v) is 11.1. The summed E-state index contributed by atoms with van der Waals surface area (Å²) >= 11 is 3.53. The molecule has 162 valence electrons. The zero-order chi connectivity index (χ0) is 21.5. The highest BCUT2D eigenvalue weighted by Crippen LogP contribution is 2.26. The Morgan fingerprint density at radius 3 is 2.73 bits per heavy atom. The van der Waals surface area contributed by atoms with Gasteiger partial charge in [0.05, 0.1) is 6.54 Å². The highest BCUT2D eigenvalue weighted by molar-refractivity contribution is 9.10. The van der Waals surface area contributed by atoms with E-state index in [1.807, 2.05) is 31.1 Å². The third kappa shape index (κ3) is 6.44. The Bertz CT molecular complexity index is 847. The van der Waals surface area contributed by atoms with Crippen molar-refractivity contribution in [2.75, 3.05) is 51.7 Å². The van der Waals surface area contributed by atoms with Crippen molar-refractivity contribution in [1.29, 1.82) is 0 Å². The molecule has 0 radical (unpaired) electrons. The maximum atomic E-state index is 14.1. The summed E-state index contributed by atoms with van der Waals surface area (Å²) in [5.74, 6) is 0.123. The lowest BCUT2D eigenvalue weighted by Gasteiger charge is -2.26. The summed E-state index contributed by atoms with van der Waals surface area (Å²) in [6.45, 7) is 4.06. The number of anilines is 1. The van der Waals surface area contributed by atoms with Crippen LogP contribution in [0.15, 0.2) is 53.0 Å². The molecule has 5 nitrogen and oxygen atoms in total. The van der Waals surface area contributed by atoms with Gasteiger partial charge in [-0.1, -0.05) is 40.2 Å². The number of hydrogen-bond donors (Lipinski definition) is 1. The molecule has 0 aromatic heterocycles. The molecule has 0 spiro atoms. The minimum absolute atomic E-state index is 0.138. The first-order valence-electron chi connectivity index (χ1n) is 10.3. The predicted molar refractivity (Wildman–Crippen MR) is 123 cm³/mol. The molecule has 1 aliphatic rings. The minimum Gasteiger partial charge on any atom is -0.371 e. The topological polar surface area (TPSA) is 38.8 Å². The van der Waals surface area contributed by atoms with E-state index < -0.39 is 0 Å². The molecule has 3 rings (SSSR count). The van der Waals surface area contributed by atoms with E-state index >= 15 is 0 Å². The van der Waals surface area contributed by atoms with E-state index in [1.54, 1.807) is 23.1 Å². The number of carbonyl (C=O) groups is 1. The van der Waals surface area contributed by atoms with Crippen LogP contribution in [0.25, 0.3) is 0 Å². The molecule has 1 atom stereocenters. The maximum Gasteiger partial charge on any atom is 0.317 e. The number of urea groups is 1. The molecule has 0 aliphatic carbocycles. The van der Waals surface area contributed by atoms with E-state index in [9.17, 15) is 9.18 Å². The number of halogens is 2. The molecule has 2 amide bonds. The van der Waals surface area contributed by atoms with E-state index in [0.717, 1.165) is 30.5 Å².